The van der Waals surface area contributed by atoms with Crippen molar-refractivity contribution in [3.8, 4) is 5.75 Å². The average molecular weight is 323 g/mol. The summed E-state index contributed by atoms with van der Waals surface area (Å²) >= 11 is 0. The van der Waals surface area contributed by atoms with Crippen LogP contribution >= 0.6 is 0 Å². The van der Waals surface area contributed by atoms with Crippen molar-refractivity contribution in [2.75, 3.05) is 12.8 Å². The summed E-state index contributed by atoms with van der Waals surface area (Å²) in [7, 11) is 1.59. The molecule has 0 atom stereocenters. The van der Waals surface area contributed by atoms with Crippen LogP contribution in [-0.4, -0.2) is 29.4 Å². The van der Waals surface area contributed by atoms with Crippen molar-refractivity contribution in [1.29, 1.82) is 0 Å². The Labute approximate surface area is 138 Å². The van der Waals surface area contributed by atoms with Gasteiger partial charge in [-0.3, -0.25) is 9.89 Å². The highest BCUT2D eigenvalue weighted by Gasteiger charge is 2.04. The van der Waals surface area contributed by atoms with E-state index in [1.54, 1.807) is 13.3 Å². The Kier molecular flexibility index (Phi) is 4.42. The first kappa shape index (κ1) is 15.5. The van der Waals surface area contributed by atoms with Gasteiger partial charge in [0.25, 0.3) is 0 Å². The van der Waals surface area contributed by atoms with Gasteiger partial charge in [-0.25, -0.2) is 5.43 Å². The van der Waals surface area contributed by atoms with Crippen LogP contribution in [0.5, 0.6) is 5.75 Å². The summed E-state index contributed by atoms with van der Waals surface area (Å²) in [4.78, 5) is 11.9. The van der Waals surface area contributed by atoms with Gasteiger partial charge >= 0.3 is 0 Å². The molecule has 0 bridgehead atoms. The van der Waals surface area contributed by atoms with Crippen LogP contribution in [0.2, 0.25) is 0 Å². The second-order valence-corrected chi connectivity index (χ2v) is 5.24. The third-order valence-corrected chi connectivity index (χ3v) is 3.52. The average Bonchev–Trinajstić information content (AvgIpc) is 2.96. The summed E-state index contributed by atoms with van der Waals surface area (Å²) in [5, 5.41) is 11.6. The summed E-state index contributed by atoms with van der Waals surface area (Å²) in [6, 6.07) is 12.9. The molecule has 3 rings (SSSR count). The minimum absolute atomic E-state index is 0.205. The fourth-order valence-corrected chi connectivity index (χ4v) is 2.32. The van der Waals surface area contributed by atoms with E-state index in [4.69, 9.17) is 10.5 Å². The quantitative estimate of drug-likeness (QED) is 0.492. The van der Waals surface area contributed by atoms with Crippen LogP contribution in [-0.2, 0) is 11.2 Å². The molecular weight excluding hydrogens is 306 g/mol. The predicted molar refractivity (Wildman–Crippen MR) is 92.9 cm³/mol. The van der Waals surface area contributed by atoms with Crippen LogP contribution in [0.15, 0.2) is 47.6 Å². The molecule has 0 spiro atoms. The number of nitrogens with zero attached hydrogens (tertiary/aromatic N) is 2. The zero-order valence-corrected chi connectivity index (χ0v) is 13.1. The summed E-state index contributed by atoms with van der Waals surface area (Å²) < 4.78 is 5.13. The third-order valence-electron chi connectivity index (χ3n) is 3.52. The number of H-pyrrole nitrogens is 1. The van der Waals surface area contributed by atoms with Crippen LogP contribution < -0.4 is 15.9 Å². The van der Waals surface area contributed by atoms with Crippen LogP contribution in [0.4, 0.5) is 5.82 Å². The molecule has 7 nitrogen and oxygen atoms in total. The van der Waals surface area contributed by atoms with Crippen LogP contribution in [0.3, 0.4) is 0 Å². The first-order chi connectivity index (χ1) is 11.7. The van der Waals surface area contributed by atoms with Crippen molar-refractivity contribution in [2.45, 2.75) is 6.42 Å². The highest BCUT2D eigenvalue weighted by molar-refractivity contribution is 5.94. The molecule has 3 aromatic rings. The van der Waals surface area contributed by atoms with Crippen molar-refractivity contribution < 1.29 is 9.53 Å². The fraction of sp³-hybridized carbons (Fsp3) is 0.118. The number of fused-ring (bicyclic) bond motifs is 1. The van der Waals surface area contributed by atoms with Gasteiger partial charge in [-0.15, -0.1) is 0 Å². The van der Waals surface area contributed by atoms with E-state index in [9.17, 15) is 4.79 Å². The van der Waals surface area contributed by atoms with Gasteiger partial charge in [0, 0.05) is 5.39 Å². The van der Waals surface area contributed by atoms with Gasteiger partial charge in [0.05, 0.1) is 25.3 Å². The monoisotopic (exact) mass is 323 g/mol. The number of methoxy groups -OCH3 is 1. The number of aromatic nitrogens is 2. The second-order valence-electron chi connectivity index (χ2n) is 5.24. The maximum Gasteiger partial charge on any atom is 0.244 e. The summed E-state index contributed by atoms with van der Waals surface area (Å²) in [5.74, 6) is 0.945. The normalized spacial score (nSPS) is 11.0. The molecule has 1 heterocycles. The van der Waals surface area contributed by atoms with Gasteiger partial charge in [-0.2, -0.15) is 10.2 Å². The number of nitrogen functional groups attached to an aromatic ring is 1. The number of nitrogens with one attached hydrogen (secondary N) is 2. The largest absolute Gasteiger partial charge is 0.497 e. The number of hydrogen-bond acceptors (Lipinski definition) is 5. The Hall–Kier alpha value is -3.35. The molecule has 0 saturated carbocycles. The second kappa shape index (κ2) is 6.82. The van der Waals surface area contributed by atoms with Crippen molar-refractivity contribution in [1.82, 2.24) is 15.6 Å². The number of aromatic amines is 1. The lowest BCUT2D eigenvalue weighted by Gasteiger charge is -2.03. The number of hydrazone groups is 1. The van der Waals surface area contributed by atoms with E-state index in [0.717, 1.165) is 27.8 Å². The minimum atomic E-state index is -0.205. The summed E-state index contributed by atoms with van der Waals surface area (Å²) in [5.41, 5.74) is 10.8. The van der Waals surface area contributed by atoms with Crippen LogP contribution in [0.1, 0.15) is 11.1 Å². The van der Waals surface area contributed by atoms with E-state index in [-0.39, 0.29) is 12.3 Å². The lowest BCUT2D eigenvalue weighted by molar-refractivity contribution is -0.120. The standard InChI is InChI=1S/C17H17N5O2/c1-24-13-4-2-3-11(7-13)9-16(23)21-19-10-12-5-6-15-14(8-12)17(18)22-20-15/h2-8,10H,9H2,1H3,(H,21,23)(H3,18,20,22). The molecule has 7 heteroatoms. The Bertz CT molecular complexity index is 901. The highest BCUT2D eigenvalue weighted by atomic mass is 16.5. The van der Waals surface area contributed by atoms with E-state index in [1.165, 1.54) is 0 Å². The Morgan fingerprint density at radius 3 is 3.08 bits per heavy atom. The van der Waals surface area contributed by atoms with Crippen molar-refractivity contribution in [3.63, 3.8) is 0 Å². The van der Waals surface area contributed by atoms with Gasteiger partial charge in [0.2, 0.25) is 5.91 Å². The van der Waals surface area contributed by atoms with Gasteiger partial charge in [0.15, 0.2) is 5.82 Å². The summed E-state index contributed by atoms with van der Waals surface area (Å²) in [6.07, 6.45) is 1.79. The van der Waals surface area contributed by atoms with Crippen LogP contribution in [0.25, 0.3) is 10.9 Å². The minimum Gasteiger partial charge on any atom is -0.497 e. The molecule has 122 valence electrons. The molecule has 0 radical (unpaired) electrons. The molecule has 0 aliphatic carbocycles. The number of carbonyl (C=O) groups is 1. The maximum atomic E-state index is 11.9. The maximum absolute atomic E-state index is 11.9. The van der Waals surface area contributed by atoms with Gasteiger partial charge in [0.1, 0.15) is 5.75 Å². The number of ether oxygens (including phenoxy) is 1. The zero-order chi connectivity index (χ0) is 16.9. The molecular formula is C17H17N5O2. The smallest absolute Gasteiger partial charge is 0.244 e. The number of rotatable bonds is 5. The SMILES string of the molecule is COc1cccc(CC(=O)NN=Cc2ccc3[nH]nc(N)c3c2)c1. The first-order valence-electron chi connectivity index (χ1n) is 7.34. The van der Waals surface area contributed by atoms with E-state index >= 15 is 0 Å². The van der Waals surface area contributed by atoms with Crippen molar-refractivity contribution in [3.05, 3.63) is 53.6 Å². The Morgan fingerprint density at radius 1 is 1.38 bits per heavy atom. The molecule has 0 aliphatic rings. The number of nitrogens with two attached hydrogens (primary N) is 1. The molecule has 0 aliphatic heterocycles. The predicted octanol–water partition coefficient (Wildman–Crippen LogP) is 1.85. The number of carbonyl (C=O) groups excluding carboxylic acids is 1. The number of benzene rings is 2. The molecule has 0 unspecified atom stereocenters. The number of hydrogen-bond donors (Lipinski definition) is 3. The van der Waals surface area contributed by atoms with Crippen molar-refractivity contribution in [2.24, 2.45) is 5.10 Å². The zero-order valence-electron chi connectivity index (χ0n) is 13.1. The van der Waals surface area contributed by atoms with Crippen LogP contribution in [0, 0.1) is 0 Å². The topological polar surface area (TPSA) is 105 Å². The Morgan fingerprint density at radius 2 is 2.25 bits per heavy atom. The fourth-order valence-electron chi connectivity index (χ4n) is 2.32. The number of amides is 1. The lowest BCUT2D eigenvalue weighted by Crippen LogP contribution is -2.19. The van der Waals surface area contributed by atoms with E-state index in [2.05, 4.69) is 20.7 Å². The highest BCUT2D eigenvalue weighted by Crippen LogP contribution is 2.18. The Balaban J connectivity index is 1.62. The van der Waals surface area contributed by atoms with E-state index in [1.807, 2.05) is 42.5 Å². The molecule has 0 fully saturated rings. The number of anilines is 1. The molecule has 1 aromatic heterocycles. The van der Waals surface area contributed by atoms with Gasteiger partial charge < -0.3 is 10.5 Å². The van der Waals surface area contributed by atoms with E-state index < -0.39 is 0 Å². The van der Waals surface area contributed by atoms with Gasteiger partial charge in [-0.05, 0) is 35.4 Å². The molecule has 1 amide bonds. The summed E-state index contributed by atoms with van der Waals surface area (Å²) in [6.45, 7) is 0. The third kappa shape index (κ3) is 3.52. The molecule has 2 aromatic carbocycles. The lowest BCUT2D eigenvalue weighted by atomic mass is 10.1. The molecule has 0 saturated heterocycles. The van der Waals surface area contributed by atoms with Gasteiger partial charge in [-0.1, -0.05) is 18.2 Å². The molecule has 4 N–H and O–H groups in total. The van der Waals surface area contributed by atoms with E-state index in [0.29, 0.717) is 5.82 Å². The first-order valence-corrected chi connectivity index (χ1v) is 7.34. The molecule has 24 heavy (non-hydrogen) atoms. The van der Waals surface area contributed by atoms with Crippen molar-refractivity contribution >= 4 is 28.8 Å².